The quantitative estimate of drug-likeness (QED) is 0.394. The normalized spacial score (nSPS) is 18.6. The van der Waals surface area contributed by atoms with E-state index in [0.29, 0.717) is 33.6 Å². The Balaban J connectivity index is 1.67. The van der Waals surface area contributed by atoms with E-state index in [1.807, 2.05) is 38.1 Å². The number of aliphatic imine (C=N–C) groups is 1. The predicted octanol–water partition coefficient (Wildman–Crippen LogP) is 6.60. The molecule has 2 aromatic carbocycles. The molecule has 1 aliphatic carbocycles. The molecule has 0 unspecified atom stereocenters. The first-order valence-electron chi connectivity index (χ1n) is 12.8. The first-order chi connectivity index (χ1) is 17.4. The lowest BCUT2D eigenvalue weighted by atomic mass is 9.97. The Morgan fingerprint density at radius 2 is 1.97 bits per heavy atom. The Bertz CT molecular complexity index is 1190. The average Bonchev–Trinajstić information content (AvgIpc) is 2.99. The second-order valence-electron chi connectivity index (χ2n) is 9.58. The lowest BCUT2D eigenvalue weighted by Gasteiger charge is -2.27. The van der Waals surface area contributed by atoms with E-state index < -0.39 is 6.04 Å². The van der Waals surface area contributed by atoms with E-state index in [-0.39, 0.29) is 24.3 Å². The molecule has 0 saturated carbocycles. The summed E-state index contributed by atoms with van der Waals surface area (Å²) in [6, 6.07) is 12.1. The van der Waals surface area contributed by atoms with Gasteiger partial charge in [-0.2, -0.15) is 0 Å². The lowest BCUT2D eigenvalue weighted by Crippen LogP contribution is -2.46. The summed E-state index contributed by atoms with van der Waals surface area (Å²) in [5.41, 5.74) is 4.05. The maximum absolute atomic E-state index is 13.9. The number of benzene rings is 2. The average molecular weight is 527 g/mol. The highest BCUT2D eigenvalue weighted by Crippen LogP contribution is 2.34. The smallest absolute Gasteiger partial charge is 0.252 e. The van der Waals surface area contributed by atoms with Gasteiger partial charge >= 0.3 is 0 Å². The molecule has 1 heterocycles. The van der Waals surface area contributed by atoms with Crippen molar-refractivity contribution in [2.45, 2.75) is 58.4 Å². The topological polar surface area (TPSA) is 61.8 Å². The summed E-state index contributed by atoms with van der Waals surface area (Å²) in [6.07, 6.45) is 8.59. The van der Waals surface area contributed by atoms with E-state index in [4.69, 9.17) is 28.2 Å². The molecule has 7 heteroatoms. The molecule has 190 valence electrons. The minimum Gasteiger partial charge on any atom is -0.354 e. The van der Waals surface area contributed by atoms with E-state index in [0.717, 1.165) is 31.2 Å². The summed E-state index contributed by atoms with van der Waals surface area (Å²) in [7, 11) is 0. The minimum atomic E-state index is -0.646. The Morgan fingerprint density at radius 3 is 2.69 bits per heavy atom. The van der Waals surface area contributed by atoms with Gasteiger partial charge in [-0.3, -0.25) is 14.6 Å². The molecule has 0 aromatic heterocycles. The minimum absolute atomic E-state index is 0.0245. The van der Waals surface area contributed by atoms with Gasteiger partial charge in [-0.1, -0.05) is 73.3 Å². The molecule has 1 N–H and O–H groups in total. The zero-order chi connectivity index (χ0) is 25.7. The predicted molar refractivity (Wildman–Crippen MR) is 148 cm³/mol. The van der Waals surface area contributed by atoms with Crippen LogP contribution in [0.5, 0.6) is 0 Å². The summed E-state index contributed by atoms with van der Waals surface area (Å²) in [5.74, 6) is -0.409. The van der Waals surface area contributed by atoms with Crippen LogP contribution in [-0.4, -0.2) is 36.7 Å². The Hall–Kier alpha value is -2.63. The Morgan fingerprint density at radius 1 is 1.17 bits per heavy atom. The van der Waals surface area contributed by atoms with Crippen LogP contribution in [0.15, 0.2) is 59.1 Å². The van der Waals surface area contributed by atoms with Gasteiger partial charge in [0.05, 0.1) is 11.4 Å². The van der Waals surface area contributed by atoms with Crippen LogP contribution in [0.3, 0.4) is 0 Å². The van der Waals surface area contributed by atoms with Crippen molar-refractivity contribution in [3.05, 3.63) is 75.3 Å². The first-order valence-corrected chi connectivity index (χ1v) is 13.5. The van der Waals surface area contributed by atoms with Crippen LogP contribution in [0.1, 0.15) is 63.5 Å². The summed E-state index contributed by atoms with van der Waals surface area (Å²) in [5, 5.41) is 4.08. The second-order valence-corrected chi connectivity index (χ2v) is 10.4. The molecule has 2 aliphatic rings. The van der Waals surface area contributed by atoms with Crippen LogP contribution in [-0.2, 0) is 9.59 Å². The highest BCUT2D eigenvalue weighted by molar-refractivity contribution is 6.37. The number of hydrogen-bond acceptors (Lipinski definition) is 3. The molecule has 0 radical (unpaired) electrons. The summed E-state index contributed by atoms with van der Waals surface area (Å²) < 4.78 is 0. The number of carbonyl (C=O) groups excluding carboxylic acids is 2. The molecular weight excluding hydrogens is 493 g/mol. The van der Waals surface area contributed by atoms with E-state index >= 15 is 0 Å². The summed E-state index contributed by atoms with van der Waals surface area (Å²) >= 11 is 13.0. The van der Waals surface area contributed by atoms with Crippen molar-refractivity contribution in [3.63, 3.8) is 0 Å². The molecule has 2 aromatic rings. The second kappa shape index (κ2) is 12.1. The highest BCUT2D eigenvalue weighted by atomic mass is 35.5. The van der Waals surface area contributed by atoms with Gasteiger partial charge in [0.1, 0.15) is 12.6 Å². The van der Waals surface area contributed by atoms with E-state index in [1.165, 1.54) is 18.4 Å². The summed E-state index contributed by atoms with van der Waals surface area (Å²) in [6.45, 7) is 4.53. The number of carbonyl (C=O) groups is 2. The molecule has 2 amide bonds. The fourth-order valence-corrected chi connectivity index (χ4v) is 5.19. The van der Waals surface area contributed by atoms with Crippen molar-refractivity contribution < 1.29 is 9.59 Å². The Kier molecular flexibility index (Phi) is 8.86. The molecular formula is C29H33Cl2N3O2. The largest absolute Gasteiger partial charge is 0.354 e. The Labute approximate surface area is 223 Å². The van der Waals surface area contributed by atoms with Gasteiger partial charge in [0.25, 0.3) is 5.91 Å². The molecule has 4 rings (SSSR count). The SMILES string of the molecule is CC[C@@H](C)[C@@H]1N=C(c2ccccc2Cl)c2cc(Cl)ccc2N(CC(=O)NCCC2=CCCCC2)C1=O. The van der Waals surface area contributed by atoms with Crippen LogP contribution in [0.4, 0.5) is 5.69 Å². The van der Waals surface area contributed by atoms with Crippen molar-refractivity contribution in [2.24, 2.45) is 10.9 Å². The number of nitrogens with zero attached hydrogens (tertiary/aromatic N) is 2. The van der Waals surface area contributed by atoms with Gasteiger partial charge in [-0.15, -0.1) is 0 Å². The maximum atomic E-state index is 13.9. The number of benzodiazepines with no additional fused rings is 1. The third-order valence-corrected chi connectivity index (χ3v) is 7.62. The number of amides is 2. The first kappa shape index (κ1) is 26.4. The zero-order valence-electron chi connectivity index (χ0n) is 20.9. The number of halogens is 2. The standard InChI is InChI=1S/C29H33Cl2N3O2/c1-3-19(2)27-29(36)34(18-26(35)32-16-15-20-9-5-4-6-10-20)25-14-13-21(30)17-23(25)28(33-27)22-11-7-8-12-24(22)31/h7-9,11-14,17,19,27H,3-6,10,15-16,18H2,1-2H3,(H,32,35)/t19-,27+/m1/s1. The van der Waals surface area contributed by atoms with Crippen LogP contribution < -0.4 is 10.2 Å². The van der Waals surface area contributed by atoms with Crippen LogP contribution in [0.2, 0.25) is 10.0 Å². The van der Waals surface area contributed by atoms with E-state index in [2.05, 4.69) is 11.4 Å². The number of allylic oxidation sites excluding steroid dienone is 1. The van der Waals surface area contributed by atoms with E-state index in [1.54, 1.807) is 23.1 Å². The highest BCUT2D eigenvalue weighted by Gasteiger charge is 2.36. The van der Waals surface area contributed by atoms with Crippen molar-refractivity contribution in [3.8, 4) is 0 Å². The summed E-state index contributed by atoms with van der Waals surface area (Å²) in [4.78, 5) is 33.4. The van der Waals surface area contributed by atoms with Crippen LogP contribution >= 0.6 is 23.2 Å². The lowest BCUT2D eigenvalue weighted by molar-refractivity contribution is -0.124. The van der Waals surface area contributed by atoms with Gasteiger partial charge < -0.3 is 10.2 Å². The molecule has 36 heavy (non-hydrogen) atoms. The van der Waals surface area contributed by atoms with Gasteiger partial charge in [-0.05, 0) is 62.3 Å². The fraction of sp³-hybridized carbons (Fsp3) is 0.414. The molecule has 0 saturated heterocycles. The van der Waals surface area contributed by atoms with E-state index in [9.17, 15) is 9.59 Å². The van der Waals surface area contributed by atoms with Crippen molar-refractivity contribution in [1.82, 2.24) is 5.32 Å². The van der Waals surface area contributed by atoms with Crippen molar-refractivity contribution in [1.29, 1.82) is 0 Å². The van der Waals surface area contributed by atoms with Gasteiger partial charge in [0, 0.05) is 27.7 Å². The van der Waals surface area contributed by atoms with Crippen molar-refractivity contribution >= 4 is 46.4 Å². The molecule has 0 fully saturated rings. The monoisotopic (exact) mass is 525 g/mol. The molecule has 5 nitrogen and oxygen atoms in total. The number of hydrogen-bond donors (Lipinski definition) is 1. The number of anilines is 1. The third kappa shape index (κ3) is 6.01. The third-order valence-electron chi connectivity index (χ3n) is 7.06. The van der Waals surface area contributed by atoms with Crippen LogP contribution in [0, 0.1) is 5.92 Å². The number of rotatable bonds is 8. The molecule has 0 bridgehead atoms. The van der Waals surface area contributed by atoms with Crippen LogP contribution in [0.25, 0.3) is 0 Å². The number of nitrogens with one attached hydrogen (secondary N) is 1. The maximum Gasteiger partial charge on any atom is 0.252 e. The molecule has 0 spiro atoms. The fourth-order valence-electron chi connectivity index (χ4n) is 4.79. The van der Waals surface area contributed by atoms with Gasteiger partial charge in [0.15, 0.2) is 0 Å². The van der Waals surface area contributed by atoms with Gasteiger partial charge in [-0.25, -0.2) is 0 Å². The molecule has 1 aliphatic heterocycles. The van der Waals surface area contributed by atoms with Gasteiger partial charge in [0.2, 0.25) is 5.91 Å². The zero-order valence-corrected chi connectivity index (χ0v) is 22.4. The van der Waals surface area contributed by atoms with Crippen molar-refractivity contribution in [2.75, 3.05) is 18.0 Å². The molecule has 2 atom stereocenters. The number of fused-ring (bicyclic) bond motifs is 1.